The van der Waals surface area contributed by atoms with E-state index in [1.165, 1.54) is 13.3 Å². The van der Waals surface area contributed by atoms with Crippen LogP contribution in [-0.2, 0) is 4.74 Å². The van der Waals surface area contributed by atoms with Gasteiger partial charge in [0.25, 0.3) is 5.91 Å². The Morgan fingerprint density at radius 2 is 2.11 bits per heavy atom. The van der Waals surface area contributed by atoms with E-state index in [0.717, 1.165) is 6.42 Å². The molecule has 9 nitrogen and oxygen atoms in total. The number of aromatic nitrogens is 1. The fourth-order valence-electron chi connectivity index (χ4n) is 3.35. The number of nitrogens with zero attached hydrogens (tertiary/aromatic N) is 3. The van der Waals surface area contributed by atoms with Crippen molar-refractivity contribution in [3.05, 3.63) is 29.5 Å². The van der Waals surface area contributed by atoms with Gasteiger partial charge in [0.05, 0.1) is 24.8 Å². The number of carbonyl (C=O) groups is 2. The Kier molecular flexibility index (Phi) is 4.98. The number of fused-ring (bicyclic) bond motifs is 1. The number of rotatable bonds is 4. The zero-order valence-electron chi connectivity index (χ0n) is 14.8. The number of hydrogen-bond acceptors (Lipinski definition) is 7. The van der Waals surface area contributed by atoms with E-state index in [0.29, 0.717) is 47.4 Å². The molecule has 0 bridgehead atoms. The topological polar surface area (TPSA) is 145 Å². The monoisotopic (exact) mass is 369 g/mol. The van der Waals surface area contributed by atoms with Crippen LogP contribution in [0.4, 0.5) is 10.6 Å². The zero-order valence-corrected chi connectivity index (χ0v) is 14.8. The van der Waals surface area contributed by atoms with Crippen molar-refractivity contribution < 1.29 is 19.1 Å². The van der Waals surface area contributed by atoms with Crippen LogP contribution in [0, 0.1) is 11.3 Å². The van der Waals surface area contributed by atoms with Gasteiger partial charge in [0.15, 0.2) is 0 Å². The first-order chi connectivity index (χ1) is 12.9. The number of piperidine rings is 1. The summed E-state index contributed by atoms with van der Waals surface area (Å²) in [5.74, 6) is 0.259. The standard InChI is InChI=1S/C18H19N5O4/c1-26-15-6-13-12(5-14(15)16(20)24)10(7-19)8-22-17(13)23-4-2-3-11(9-23)27-18(21)25/h5-6,8,11H,2-4,9H2,1H3,(H2,20,24)(H2,21,25)/t11-/m0/s1. The van der Waals surface area contributed by atoms with E-state index in [1.807, 2.05) is 4.90 Å². The lowest BCUT2D eigenvalue weighted by Crippen LogP contribution is -2.41. The van der Waals surface area contributed by atoms with Crippen molar-refractivity contribution >= 4 is 28.6 Å². The lowest BCUT2D eigenvalue weighted by Gasteiger charge is -2.33. The summed E-state index contributed by atoms with van der Waals surface area (Å²) in [6.07, 6.45) is 1.80. The van der Waals surface area contributed by atoms with Gasteiger partial charge in [-0.2, -0.15) is 5.26 Å². The second-order valence-corrected chi connectivity index (χ2v) is 6.22. The van der Waals surface area contributed by atoms with Crippen molar-refractivity contribution in [1.82, 2.24) is 4.98 Å². The summed E-state index contributed by atoms with van der Waals surface area (Å²) in [5.41, 5.74) is 11.1. The molecule has 1 atom stereocenters. The van der Waals surface area contributed by atoms with Crippen LogP contribution >= 0.6 is 0 Å². The highest BCUT2D eigenvalue weighted by molar-refractivity contribution is 6.04. The van der Waals surface area contributed by atoms with Crippen LogP contribution in [0.15, 0.2) is 18.3 Å². The van der Waals surface area contributed by atoms with Gasteiger partial charge in [-0.15, -0.1) is 0 Å². The van der Waals surface area contributed by atoms with E-state index in [1.54, 1.807) is 12.1 Å². The molecule has 2 aromatic rings. The van der Waals surface area contributed by atoms with E-state index in [9.17, 15) is 14.9 Å². The molecular weight excluding hydrogens is 350 g/mol. The van der Waals surface area contributed by atoms with Crippen molar-refractivity contribution in [3.8, 4) is 11.8 Å². The fourth-order valence-corrected chi connectivity index (χ4v) is 3.35. The van der Waals surface area contributed by atoms with Gasteiger partial charge in [0.1, 0.15) is 23.7 Å². The highest BCUT2D eigenvalue weighted by Crippen LogP contribution is 2.34. The molecule has 140 valence electrons. The van der Waals surface area contributed by atoms with E-state index in [4.69, 9.17) is 20.9 Å². The van der Waals surface area contributed by atoms with Crippen LogP contribution in [0.1, 0.15) is 28.8 Å². The van der Waals surface area contributed by atoms with E-state index >= 15 is 0 Å². The molecule has 1 aliphatic rings. The fraction of sp³-hybridized carbons (Fsp3) is 0.333. The molecule has 2 heterocycles. The Hall–Kier alpha value is -3.54. The molecule has 1 aromatic carbocycles. The van der Waals surface area contributed by atoms with Gasteiger partial charge in [-0.3, -0.25) is 4.79 Å². The summed E-state index contributed by atoms with van der Waals surface area (Å²) in [6, 6.07) is 5.27. The number of anilines is 1. The highest BCUT2D eigenvalue weighted by atomic mass is 16.6. The molecule has 1 aromatic heterocycles. The Labute approximate surface area is 155 Å². The third-order valence-corrected chi connectivity index (χ3v) is 4.53. The van der Waals surface area contributed by atoms with Gasteiger partial charge in [0.2, 0.25) is 0 Å². The Morgan fingerprint density at radius 3 is 2.74 bits per heavy atom. The molecule has 2 amide bonds. The van der Waals surface area contributed by atoms with Gasteiger partial charge in [-0.25, -0.2) is 9.78 Å². The third kappa shape index (κ3) is 3.55. The smallest absolute Gasteiger partial charge is 0.404 e. The van der Waals surface area contributed by atoms with Crippen LogP contribution in [0.5, 0.6) is 5.75 Å². The molecule has 0 spiro atoms. The Balaban J connectivity index is 2.12. The predicted molar refractivity (Wildman–Crippen MR) is 97.4 cm³/mol. The van der Waals surface area contributed by atoms with E-state index < -0.39 is 12.0 Å². The second kappa shape index (κ2) is 7.37. The molecule has 1 fully saturated rings. The average Bonchev–Trinajstić information content (AvgIpc) is 2.65. The normalized spacial score (nSPS) is 16.6. The summed E-state index contributed by atoms with van der Waals surface area (Å²) < 4.78 is 10.4. The summed E-state index contributed by atoms with van der Waals surface area (Å²) in [6.45, 7) is 1.13. The average molecular weight is 369 g/mol. The lowest BCUT2D eigenvalue weighted by atomic mass is 10.0. The molecule has 0 saturated carbocycles. The van der Waals surface area contributed by atoms with Crippen molar-refractivity contribution in [1.29, 1.82) is 5.26 Å². The molecule has 4 N–H and O–H groups in total. The Bertz CT molecular complexity index is 953. The lowest BCUT2D eigenvalue weighted by molar-refractivity contribution is 0.0963. The van der Waals surface area contributed by atoms with Gasteiger partial charge in [-0.1, -0.05) is 0 Å². The highest BCUT2D eigenvalue weighted by Gasteiger charge is 2.26. The number of nitriles is 1. The number of pyridine rings is 1. The van der Waals surface area contributed by atoms with Crippen molar-refractivity contribution in [3.63, 3.8) is 0 Å². The first-order valence-electron chi connectivity index (χ1n) is 8.36. The number of carbonyl (C=O) groups excluding carboxylic acids is 2. The van der Waals surface area contributed by atoms with Crippen molar-refractivity contribution in [2.75, 3.05) is 25.1 Å². The summed E-state index contributed by atoms with van der Waals surface area (Å²) in [4.78, 5) is 29.2. The minimum absolute atomic E-state index is 0.187. The molecule has 0 aliphatic carbocycles. The van der Waals surface area contributed by atoms with Gasteiger partial charge >= 0.3 is 6.09 Å². The predicted octanol–water partition coefficient (Wildman–Crippen LogP) is 1.28. The molecule has 1 saturated heterocycles. The summed E-state index contributed by atoms with van der Waals surface area (Å²) in [7, 11) is 1.44. The van der Waals surface area contributed by atoms with Gasteiger partial charge in [0, 0.05) is 23.5 Å². The summed E-state index contributed by atoms with van der Waals surface area (Å²) in [5, 5.41) is 10.6. The number of nitrogens with two attached hydrogens (primary N) is 2. The van der Waals surface area contributed by atoms with E-state index in [-0.39, 0.29) is 11.7 Å². The second-order valence-electron chi connectivity index (χ2n) is 6.22. The van der Waals surface area contributed by atoms with Crippen LogP contribution in [0.2, 0.25) is 0 Å². The minimum Gasteiger partial charge on any atom is -0.496 e. The van der Waals surface area contributed by atoms with Gasteiger partial charge in [-0.05, 0) is 25.0 Å². The number of ether oxygens (including phenoxy) is 2. The SMILES string of the molecule is COc1cc2c(N3CCC[C@H](OC(N)=O)C3)ncc(C#N)c2cc1C(N)=O. The third-order valence-electron chi connectivity index (χ3n) is 4.53. The molecule has 27 heavy (non-hydrogen) atoms. The largest absolute Gasteiger partial charge is 0.496 e. The van der Waals surface area contributed by atoms with Gasteiger partial charge < -0.3 is 25.8 Å². The molecular formula is C18H19N5O4. The quantitative estimate of drug-likeness (QED) is 0.825. The first kappa shape index (κ1) is 18.3. The van der Waals surface area contributed by atoms with Crippen molar-refractivity contribution in [2.24, 2.45) is 11.5 Å². The molecule has 1 aliphatic heterocycles. The van der Waals surface area contributed by atoms with Crippen LogP contribution in [0.3, 0.4) is 0 Å². The van der Waals surface area contributed by atoms with Crippen LogP contribution < -0.4 is 21.1 Å². The maximum atomic E-state index is 11.7. The van der Waals surface area contributed by atoms with E-state index in [2.05, 4.69) is 11.1 Å². The summed E-state index contributed by atoms with van der Waals surface area (Å²) >= 11 is 0. The van der Waals surface area contributed by atoms with Crippen molar-refractivity contribution in [2.45, 2.75) is 18.9 Å². The molecule has 0 radical (unpaired) electrons. The maximum absolute atomic E-state index is 11.7. The number of benzene rings is 1. The van der Waals surface area contributed by atoms with Crippen LogP contribution in [-0.4, -0.2) is 43.3 Å². The molecule has 9 heteroatoms. The number of primary amides is 2. The molecule has 0 unspecified atom stereocenters. The zero-order chi connectivity index (χ0) is 19.6. The maximum Gasteiger partial charge on any atom is 0.404 e. The minimum atomic E-state index is -0.813. The Morgan fingerprint density at radius 1 is 1.33 bits per heavy atom. The number of amides is 2. The number of methoxy groups -OCH3 is 1. The number of hydrogen-bond donors (Lipinski definition) is 2. The molecule has 3 rings (SSSR count). The van der Waals surface area contributed by atoms with Crippen LogP contribution in [0.25, 0.3) is 10.8 Å². The first-order valence-corrected chi connectivity index (χ1v) is 8.36.